The molecule has 0 radical (unpaired) electrons. The molecule has 0 aliphatic carbocycles. The van der Waals surface area contributed by atoms with Gasteiger partial charge in [-0.05, 0) is 29.3 Å². The van der Waals surface area contributed by atoms with Gasteiger partial charge in [-0.25, -0.2) is 15.0 Å². The molecule has 5 rings (SSSR count). The molecule has 0 bridgehead atoms. The van der Waals surface area contributed by atoms with Gasteiger partial charge in [0.05, 0.1) is 11.7 Å². The van der Waals surface area contributed by atoms with Crippen molar-refractivity contribution in [2.75, 3.05) is 0 Å². The fourth-order valence-electron chi connectivity index (χ4n) is 3.24. The number of nitrogens with zero attached hydrogens (tertiary/aromatic N) is 5. The zero-order valence-corrected chi connectivity index (χ0v) is 13.5. The van der Waals surface area contributed by atoms with Gasteiger partial charge < -0.3 is 4.98 Å². The van der Waals surface area contributed by atoms with Crippen LogP contribution in [0, 0.1) is 0 Å². The third kappa shape index (κ3) is 2.19. The van der Waals surface area contributed by atoms with E-state index >= 15 is 0 Å². The van der Waals surface area contributed by atoms with Crippen molar-refractivity contribution < 1.29 is 0 Å². The van der Waals surface area contributed by atoms with Crippen molar-refractivity contribution in [2.45, 2.75) is 0 Å². The highest BCUT2D eigenvalue weighted by Crippen LogP contribution is 2.36. The van der Waals surface area contributed by atoms with Gasteiger partial charge in [-0.3, -0.25) is 4.68 Å². The average molecular weight is 326 g/mol. The van der Waals surface area contributed by atoms with Crippen molar-refractivity contribution >= 4 is 21.9 Å². The first-order valence-corrected chi connectivity index (χ1v) is 7.95. The van der Waals surface area contributed by atoms with Gasteiger partial charge in [0.25, 0.3) is 0 Å². The molecule has 4 aromatic heterocycles. The van der Waals surface area contributed by atoms with Crippen molar-refractivity contribution in [1.82, 2.24) is 29.7 Å². The van der Waals surface area contributed by atoms with E-state index in [1.54, 1.807) is 11.0 Å². The van der Waals surface area contributed by atoms with Crippen molar-refractivity contribution in [3.63, 3.8) is 0 Å². The maximum absolute atomic E-state index is 4.48. The molecule has 6 heteroatoms. The largest absolute Gasteiger partial charge is 0.345 e. The lowest BCUT2D eigenvalue weighted by Gasteiger charge is -2.05. The Bertz CT molecular complexity index is 1220. The number of nitrogens with one attached hydrogen (secondary N) is 1. The molecule has 0 saturated carbocycles. The minimum Gasteiger partial charge on any atom is -0.345 e. The lowest BCUT2D eigenvalue weighted by atomic mass is 9.99. The number of H-pyrrole nitrogens is 1. The number of fused-ring (bicyclic) bond motifs is 2. The van der Waals surface area contributed by atoms with Crippen LogP contribution in [0.1, 0.15) is 0 Å². The minimum absolute atomic E-state index is 0.862. The predicted molar refractivity (Wildman–Crippen MR) is 96.8 cm³/mol. The summed E-state index contributed by atoms with van der Waals surface area (Å²) in [7, 11) is 1.92. The summed E-state index contributed by atoms with van der Waals surface area (Å²) in [6.45, 7) is 0. The Balaban J connectivity index is 1.78. The normalized spacial score (nSPS) is 11.4. The SMILES string of the molecule is Cn1cc(-c2ccnc3[nH]cc(-c4ccc5ncncc5c4)c23)cn1. The third-order valence-electron chi connectivity index (χ3n) is 4.41. The second kappa shape index (κ2) is 5.24. The summed E-state index contributed by atoms with van der Waals surface area (Å²) in [6.07, 6.45) is 11.1. The standard InChI is InChI=1S/C19H14N6/c1-25-10-14(8-24-25)15-4-5-21-19-18(15)16(9-22-19)12-2-3-17-13(6-12)7-20-11-23-17/h2-11H,1H3,(H,21,22). The fraction of sp³-hybridized carbons (Fsp3) is 0.0526. The van der Waals surface area contributed by atoms with Gasteiger partial charge in [-0.15, -0.1) is 0 Å². The number of aryl methyl sites for hydroxylation is 1. The quantitative estimate of drug-likeness (QED) is 0.538. The van der Waals surface area contributed by atoms with Crippen LogP contribution in [-0.2, 0) is 7.05 Å². The molecular weight excluding hydrogens is 312 g/mol. The topological polar surface area (TPSA) is 72.3 Å². The highest BCUT2D eigenvalue weighted by molar-refractivity contribution is 6.04. The summed E-state index contributed by atoms with van der Waals surface area (Å²) in [6, 6.07) is 8.24. The van der Waals surface area contributed by atoms with E-state index in [0.29, 0.717) is 0 Å². The Labute approximate surface area is 143 Å². The van der Waals surface area contributed by atoms with E-state index in [0.717, 1.165) is 44.2 Å². The lowest BCUT2D eigenvalue weighted by molar-refractivity contribution is 0.768. The first-order chi connectivity index (χ1) is 12.3. The Morgan fingerprint density at radius 1 is 1.00 bits per heavy atom. The van der Waals surface area contributed by atoms with Crippen LogP contribution in [-0.4, -0.2) is 29.7 Å². The van der Waals surface area contributed by atoms with Crippen LogP contribution < -0.4 is 0 Å². The molecule has 0 unspecified atom stereocenters. The summed E-state index contributed by atoms with van der Waals surface area (Å²) >= 11 is 0. The van der Waals surface area contributed by atoms with Gasteiger partial charge in [0.1, 0.15) is 12.0 Å². The lowest BCUT2D eigenvalue weighted by Crippen LogP contribution is -1.86. The number of aromatic nitrogens is 6. The molecule has 5 aromatic rings. The maximum Gasteiger partial charge on any atom is 0.138 e. The molecule has 0 aliphatic rings. The van der Waals surface area contributed by atoms with E-state index in [2.05, 4.69) is 37.2 Å². The number of hydrogen-bond donors (Lipinski definition) is 1. The summed E-state index contributed by atoms with van der Waals surface area (Å²) in [5.74, 6) is 0. The van der Waals surface area contributed by atoms with Gasteiger partial charge in [0.2, 0.25) is 0 Å². The molecule has 0 atom stereocenters. The van der Waals surface area contributed by atoms with Crippen LogP contribution in [0.3, 0.4) is 0 Å². The van der Waals surface area contributed by atoms with Gasteiger partial charge in [-0.2, -0.15) is 5.10 Å². The first-order valence-electron chi connectivity index (χ1n) is 7.95. The van der Waals surface area contributed by atoms with Crippen LogP contribution in [0.25, 0.3) is 44.2 Å². The number of hydrogen-bond acceptors (Lipinski definition) is 4. The Morgan fingerprint density at radius 2 is 1.96 bits per heavy atom. The second-order valence-corrected chi connectivity index (χ2v) is 5.98. The molecule has 4 heterocycles. The molecule has 0 spiro atoms. The van der Waals surface area contributed by atoms with E-state index in [1.807, 2.05) is 50.2 Å². The summed E-state index contributed by atoms with van der Waals surface area (Å²) < 4.78 is 1.81. The van der Waals surface area contributed by atoms with E-state index in [1.165, 1.54) is 0 Å². The first kappa shape index (κ1) is 13.9. The fourth-order valence-corrected chi connectivity index (χ4v) is 3.24. The molecule has 0 saturated heterocycles. The zero-order chi connectivity index (χ0) is 16.8. The van der Waals surface area contributed by atoms with Crippen LogP contribution >= 0.6 is 0 Å². The van der Waals surface area contributed by atoms with Gasteiger partial charge in [0, 0.05) is 53.7 Å². The van der Waals surface area contributed by atoms with E-state index in [-0.39, 0.29) is 0 Å². The zero-order valence-electron chi connectivity index (χ0n) is 13.5. The number of pyridine rings is 1. The van der Waals surface area contributed by atoms with Crippen molar-refractivity contribution in [1.29, 1.82) is 0 Å². The van der Waals surface area contributed by atoms with Gasteiger partial charge in [-0.1, -0.05) is 6.07 Å². The molecule has 120 valence electrons. The van der Waals surface area contributed by atoms with Crippen LogP contribution in [0.2, 0.25) is 0 Å². The Morgan fingerprint density at radius 3 is 2.84 bits per heavy atom. The number of benzene rings is 1. The summed E-state index contributed by atoms with van der Waals surface area (Å²) in [5.41, 5.74) is 6.18. The molecule has 0 aliphatic heterocycles. The number of rotatable bonds is 2. The molecule has 1 N–H and O–H groups in total. The van der Waals surface area contributed by atoms with Crippen LogP contribution in [0.15, 0.2) is 61.6 Å². The van der Waals surface area contributed by atoms with E-state index < -0.39 is 0 Å². The molecule has 0 fully saturated rings. The summed E-state index contributed by atoms with van der Waals surface area (Å²) in [5, 5.41) is 6.40. The second-order valence-electron chi connectivity index (χ2n) is 5.98. The molecule has 1 aromatic carbocycles. The summed E-state index contributed by atoms with van der Waals surface area (Å²) in [4.78, 5) is 16.2. The van der Waals surface area contributed by atoms with Gasteiger partial charge >= 0.3 is 0 Å². The molecule has 6 nitrogen and oxygen atoms in total. The van der Waals surface area contributed by atoms with Crippen LogP contribution in [0.4, 0.5) is 0 Å². The van der Waals surface area contributed by atoms with Crippen molar-refractivity contribution in [2.24, 2.45) is 7.05 Å². The van der Waals surface area contributed by atoms with Gasteiger partial charge in [0.15, 0.2) is 0 Å². The molecular formula is C19H14N6. The average Bonchev–Trinajstić information content (AvgIpc) is 3.27. The molecule has 25 heavy (non-hydrogen) atoms. The van der Waals surface area contributed by atoms with Crippen LogP contribution in [0.5, 0.6) is 0 Å². The molecule has 0 amide bonds. The van der Waals surface area contributed by atoms with E-state index in [9.17, 15) is 0 Å². The third-order valence-corrected chi connectivity index (χ3v) is 4.41. The number of aromatic amines is 1. The van der Waals surface area contributed by atoms with Crippen molar-refractivity contribution in [3.8, 4) is 22.3 Å². The smallest absolute Gasteiger partial charge is 0.138 e. The highest BCUT2D eigenvalue weighted by atomic mass is 15.2. The Kier molecular flexibility index (Phi) is 2.90. The van der Waals surface area contributed by atoms with Crippen molar-refractivity contribution in [3.05, 3.63) is 61.6 Å². The maximum atomic E-state index is 4.48. The van der Waals surface area contributed by atoms with E-state index in [4.69, 9.17) is 0 Å². The highest BCUT2D eigenvalue weighted by Gasteiger charge is 2.14. The minimum atomic E-state index is 0.862. The monoisotopic (exact) mass is 326 g/mol. The predicted octanol–water partition coefficient (Wildman–Crippen LogP) is 3.57. The Hall–Kier alpha value is -3.54.